The molecule has 8 heteroatoms. The highest BCUT2D eigenvalue weighted by molar-refractivity contribution is 5.79. The van der Waals surface area contributed by atoms with Crippen molar-refractivity contribution in [3.63, 3.8) is 0 Å². The maximum atomic E-state index is 12.4. The number of carbonyl (C=O) groups excluding carboxylic acids is 2. The first-order valence-electron chi connectivity index (χ1n) is 8.13. The molecule has 1 aromatic carbocycles. The lowest BCUT2D eigenvalue weighted by molar-refractivity contribution is -0.274. The van der Waals surface area contributed by atoms with Crippen LogP contribution in [0, 0.1) is 5.92 Å². The first-order valence-corrected chi connectivity index (χ1v) is 8.13. The molecule has 2 amide bonds. The Kier molecular flexibility index (Phi) is 6.27. The first-order chi connectivity index (χ1) is 11.7. The van der Waals surface area contributed by atoms with Gasteiger partial charge in [0.05, 0.1) is 6.42 Å². The van der Waals surface area contributed by atoms with E-state index in [-0.39, 0.29) is 29.9 Å². The predicted octanol–water partition coefficient (Wildman–Crippen LogP) is 2.63. The number of halogens is 3. The average Bonchev–Trinajstić information content (AvgIpc) is 2.53. The summed E-state index contributed by atoms with van der Waals surface area (Å²) in [7, 11) is 0. The molecule has 0 spiro atoms. The number of alkyl halides is 3. The van der Waals surface area contributed by atoms with Crippen LogP contribution in [0.25, 0.3) is 0 Å². The molecule has 1 aliphatic rings. The summed E-state index contributed by atoms with van der Waals surface area (Å²) in [5, 5.41) is 0. The Morgan fingerprint density at radius 1 is 1.24 bits per heavy atom. The highest BCUT2D eigenvalue weighted by Crippen LogP contribution is 2.24. The summed E-state index contributed by atoms with van der Waals surface area (Å²) in [6.07, 6.45) is -1.80. The molecule has 0 bridgehead atoms. The molecule has 25 heavy (non-hydrogen) atoms. The van der Waals surface area contributed by atoms with Crippen LogP contribution in [0.2, 0.25) is 0 Å². The fourth-order valence-electron chi connectivity index (χ4n) is 2.97. The lowest BCUT2D eigenvalue weighted by Crippen LogP contribution is -2.40. The van der Waals surface area contributed by atoms with Crippen LogP contribution in [-0.2, 0) is 16.0 Å². The van der Waals surface area contributed by atoms with Crippen molar-refractivity contribution in [2.75, 3.05) is 13.1 Å². The monoisotopic (exact) mass is 358 g/mol. The Morgan fingerprint density at radius 3 is 2.52 bits per heavy atom. The second-order valence-electron chi connectivity index (χ2n) is 6.22. The zero-order chi connectivity index (χ0) is 18.4. The van der Waals surface area contributed by atoms with E-state index in [0.29, 0.717) is 31.5 Å². The van der Waals surface area contributed by atoms with Gasteiger partial charge in [-0.05, 0) is 42.9 Å². The summed E-state index contributed by atoms with van der Waals surface area (Å²) in [5.74, 6) is -0.473. The molecule has 0 radical (unpaired) electrons. The van der Waals surface area contributed by atoms with Crippen molar-refractivity contribution in [1.82, 2.24) is 4.90 Å². The molecule has 138 valence electrons. The van der Waals surface area contributed by atoms with E-state index in [0.717, 1.165) is 12.8 Å². The molecule has 5 nitrogen and oxygen atoms in total. The largest absolute Gasteiger partial charge is 0.573 e. The third-order valence-corrected chi connectivity index (χ3v) is 4.18. The minimum Gasteiger partial charge on any atom is -0.406 e. The summed E-state index contributed by atoms with van der Waals surface area (Å²) in [6.45, 7) is 1.24. The lowest BCUT2D eigenvalue weighted by atomic mass is 9.93. The molecule has 0 aliphatic carbocycles. The Bertz CT molecular complexity index is 602. The number of likely N-dealkylation sites (tertiary alicyclic amines) is 1. The van der Waals surface area contributed by atoms with E-state index >= 15 is 0 Å². The lowest BCUT2D eigenvalue weighted by Gasteiger charge is -2.32. The van der Waals surface area contributed by atoms with Crippen LogP contribution in [0.15, 0.2) is 24.3 Å². The molecule has 1 unspecified atom stereocenters. The Labute approximate surface area is 143 Å². The number of benzene rings is 1. The minimum atomic E-state index is -4.73. The van der Waals surface area contributed by atoms with Crippen LogP contribution in [-0.4, -0.2) is 36.2 Å². The van der Waals surface area contributed by atoms with Crippen LogP contribution in [0.4, 0.5) is 13.2 Å². The predicted molar refractivity (Wildman–Crippen MR) is 84.6 cm³/mol. The van der Waals surface area contributed by atoms with Crippen molar-refractivity contribution in [3.05, 3.63) is 29.8 Å². The maximum absolute atomic E-state index is 12.4. The molecule has 2 rings (SSSR count). The molecular weight excluding hydrogens is 337 g/mol. The standard InChI is InChI=1S/C17H21F3N2O3/c18-17(19,20)25-14-6-3-12(4-7-14)10-16(24)22-9-1-2-13(11-22)5-8-15(21)23/h3-4,6-7,13H,1-2,5,8-11H2,(H2,21,23). The number of nitrogens with two attached hydrogens (primary N) is 1. The second-order valence-corrected chi connectivity index (χ2v) is 6.22. The Balaban J connectivity index is 1.87. The SMILES string of the molecule is NC(=O)CCC1CCCN(C(=O)Cc2ccc(OC(F)(F)F)cc2)C1. The number of amides is 2. The van der Waals surface area contributed by atoms with Gasteiger partial charge in [0.15, 0.2) is 0 Å². The molecule has 1 saturated heterocycles. The molecular formula is C17H21F3N2O3. The molecule has 1 aliphatic heterocycles. The fraction of sp³-hybridized carbons (Fsp3) is 0.529. The van der Waals surface area contributed by atoms with Crippen LogP contribution >= 0.6 is 0 Å². The smallest absolute Gasteiger partial charge is 0.406 e. The Morgan fingerprint density at radius 2 is 1.92 bits per heavy atom. The van der Waals surface area contributed by atoms with E-state index in [1.807, 2.05) is 0 Å². The molecule has 1 heterocycles. The van der Waals surface area contributed by atoms with Gasteiger partial charge >= 0.3 is 6.36 Å². The topological polar surface area (TPSA) is 72.6 Å². The van der Waals surface area contributed by atoms with Gasteiger partial charge in [-0.3, -0.25) is 9.59 Å². The number of hydrogen-bond donors (Lipinski definition) is 1. The number of nitrogens with zero attached hydrogens (tertiary/aromatic N) is 1. The van der Waals surface area contributed by atoms with Crippen LogP contribution in [0.5, 0.6) is 5.75 Å². The number of hydrogen-bond acceptors (Lipinski definition) is 3. The van der Waals surface area contributed by atoms with Crippen molar-refractivity contribution < 1.29 is 27.5 Å². The van der Waals surface area contributed by atoms with Crippen LogP contribution in [0.1, 0.15) is 31.2 Å². The third-order valence-electron chi connectivity index (χ3n) is 4.18. The quantitative estimate of drug-likeness (QED) is 0.850. The van der Waals surface area contributed by atoms with Gasteiger partial charge in [0.2, 0.25) is 11.8 Å². The maximum Gasteiger partial charge on any atom is 0.573 e. The van der Waals surface area contributed by atoms with Crippen molar-refractivity contribution in [1.29, 1.82) is 0 Å². The van der Waals surface area contributed by atoms with Crippen molar-refractivity contribution in [2.24, 2.45) is 11.7 Å². The highest BCUT2D eigenvalue weighted by Gasteiger charge is 2.31. The van der Waals surface area contributed by atoms with Crippen LogP contribution in [0.3, 0.4) is 0 Å². The van der Waals surface area contributed by atoms with Gasteiger partial charge in [-0.25, -0.2) is 0 Å². The number of piperidine rings is 1. The molecule has 1 atom stereocenters. The molecule has 2 N–H and O–H groups in total. The summed E-state index contributed by atoms with van der Waals surface area (Å²) in [5.41, 5.74) is 5.78. The number of carbonyl (C=O) groups is 2. The van der Waals surface area contributed by atoms with Gasteiger partial charge in [-0.15, -0.1) is 13.2 Å². The van der Waals surface area contributed by atoms with Gasteiger partial charge in [0.1, 0.15) is 5.75 Å². The number of rotatable bonds is 6. The summed E-state index contributed by atoms with van der Waals surface area (Å²) in [6, 6.07) is 5.30. The van der Waals surface area contributed by atoms with Gasteiger partial charge < -0.3 is 15.4 Å². The van der Waals surface area contributed by atoms with Gasteiger partial charge in [0.25, 0.3) is 0 Å². The number of ether oxygens (including phenoxy) is 1. The summed E-state index contributed by atoms with van der Waals surface area (Å²) in [4.78, 5) is 25.0. The Hall–Kier alpha value is -2.25. The van der Waals surface area contributed by atoms with Crippen molar-refractivity contribution in [3.8, 4) is 5.75 Å². The summed E-state index contributed by atoms with van der Waals surface area (Å²) < 4.78 is 40.2. The second kappa shape index (κ2) is 8.22. The van der Waals surface area contributed by atoms with E-state index in [4.69, 9.17) is 5.73 Å². The number of primary amides is 1. The van der Waals surface area contributed by atoms with E-state index in [1.165, 1.54) is 24.3 Å². The van der Waals surface area contributed by atoms with E-state index < -0.39 is 6.36 Å². The van der Waals surface area contributed by atoms with Crippen molar-refractivity contribution in [2.45, 2.75) is 38.5 Å². The molecule has 0 saturated carbocycles. The van der Waals surface area contributed by atoms with E-state index in [1.54, 1.807) is 4.90 Å². The average molecular weight is 358 g/mol. The van der Waals surface area contributed by atoms with Crippen LogP contribution < -0.4 is 10.5 Å². The highest BCUT2D eigenvalue weighted by atomic mass is 19.4. The van der Waals surface area contributed by atoms with E-state index in [9.17, 15) is 22.8 Å². The zero-order valence-corrected chi connectivity index (χ0v) is 13.7. The third kappa shape index (κ3) is 6.64. The minimum absolute atomic E-state index is 0.0757. The summed E-state index contributed by atoms with van der Waals surface area (Å²) >= 11 is 0. The van der Waals surface area contributed by atoms with E-state index in [2.05, 4.69) is 4.74 Å². The molecule has 1 fully saturated rings. The molecule has 0 aromatic heterocycles. The van der Waals surface area contributed by atoms with Gasteiger partial charge in [-0.1, -0.05) is 12.1 Å². The normalized spacial score (nSPS) is 18.0. The van der Waals surface area contributed by atoms with Crippen molar-refractivity contribution >= 4 is 11.8 Å². The van der Waals surface area contributed by atoms with Gasteiger partial charge in [0, 0.05) is 19.5 Å². The zero-order valence-electron chi connectivity index (χ0n) is 13.7. The molecule has 1 aromatic rings. The fourth-order valence-corrected chi connectivity index (χ4v) is 2.97. The first kappa shape index (κ1) is 19.1. The van der Waals surface area contributed by atoms with Gasteiger partial charge in [-0.2, -0.15) is 0 Å².